The molecule has 0 amide bonds. The van der Waals surface area contributed by atoms with Gasteiger partial charge in [0.15, 0.2) is 0 Å². The summed E-state index contributed by atoms with van der Waals surface area (Å²) in [4.78, 5) is 2.42. The van der Waals surface area contributed by atoms with E-state index in [1.54, 1.807) is 0 Å². The third-order valence-corrected chi connectivity index (χ3v) is 9.05. The number of anilines is 3. The Balaban J connectivity index is 1.38. The van der Waals surface area contributed by atoms with Crippen molar-refractivity contribution in [2.45, 2.75) is 0 Å². The van der Waals surface area contributed by atoms with Crippen molar-refractivity contribution >= 4 is 38.6 Å². The molecule has 46 heavy (non-hydrogen) atoms. The minimum Gasteiger partial charge on any atom is -0.455 e. The van der Waals surface area contributed by atoms with Crippen molar-refractivity contribution in [1.82, 2.24) is 0 Å². The molecule has 0 N–H and O–H groups in total. The van der Waals surface area contributed by atoms with Crippen LogP contribution >= 0.6 is 0 Å². The predicted molar refractivity (Wildman–Crippen MR) is 193 cm³/mol. The molecule has 0 fully saturated rings. The summed E-state index contributed by atoms with van der Waals surface area (Å²) < 4.78 is 7.00. The smallest absolute Gasteiger partial charge is 0.145 e. The molecule has 1 aliphatic rings. The van der Waals surface area contributed by atoms with Crippen LogP contribution in [0, 0.1) is 0 Å². The summed E-state index contributed by atoms with van der Waals surface area (Å²) >= 11 is 0. The third kappa shape index (κ3) is 4.27. The van der Waals surface area contributed by atoms with Crippen LogP contribution in [0.5, 0.6) is 11.5 Å². The van der Waals surface area contributed by atoms with E-state index in [0.29, 0.717) is 0 Å². The zero-order chi connectivity index (χ0) is 30.5. The first-order chi connectivity index (χ1) is 22.8. The fourth-order valence-corrected chi connectivity index (χ4v) is 6.91. The molecule has 0 aliphatic carbocycles. The Hall–Kier alpha value is -6.12. The fourth-order valence-electron chi connectivity index (χ4n) is 6.91. The lowest BCUT2D eigenvalue weighted by Crippen LogP contribution is -2.12. The maximum atomic E-state index is 7.00. The molecule has 0 aromatic heterocycles. The van der Waals surface area contributed by atoms with Crippen molar-refractivity contribution in [3.05, 3.63) is 176 Å². The molecule has 0 bridgehead atoms. The van der Waals surface area contributed by atoms with Crippen LogP contribution in [-0.2, 0) is 0 Å². The van der Waals surface area contributed by atoms with E-state index in [-0.39, 0.29) is 0 Å². The normalized spacial score (nSPS) is 11.7. The Morgan fingerprint density at radius 3 is 1.83 bits per heavy atom. The number of hydrogen-bond acceptors (Lipinski definition) is 2. The zero-order valence-electron chi connectivity index (χ0n) is 25.1. The van der Waals surface area contributed by atoms with E-state index in [1.807, 2.05) is 0 Å². The fraction of sp³-hybridized carbons (Fsp3) is 0. The molecule has 216 valence electrons. The SMILES string of the molecule is c1ccc(-c2ccc(N(c3cc4ccccc4c4c3-c3ccccc3-c3ccccc3O4)c3cccc4ccccc34)cc2)cc1. The van der Waals surface area contributed by atoms with Crippen LogP contribution in [0.1, 0.15) is 0 Å². The van der Waals surface area contributed by atoms with E-state index in [9.17, 15) is 0 Å². The molecule has 1 aliphatic heterocycles. The monoisotopic (exact) mass is 587 g/mol. The van der Waals surface area contributed by atoms with Crippen molar-refractivity contribution in [2.24, 2.45) is 0 Å². The second-order valence-electron chi connectivity index (χ2n) is 11.7. The third-order valence-electron chi connectivity index (χ3n) is 9.05. The Bertz CT molecular complexity index is 2390. The van der Waals surface area contributed by atoms with Crippen LogP contribution in [-0.4, -0.2) is 0 Å². The van der Waals surface area contributed by atoms with Crippen LogP contribution in [0.25, 0.3) is 54.9 Å². The summed E-state index contributed by atoms with van der Waals surface area (Å²) in [5.41, 5.74) is 10.1. The first-order valence-electron chi connectivity index (χ1n) is 15.7. The zero-order valence-corrected chi connectivity index (χ0v) is 25.1. The van der Waals surface area contributed by atoms with E-state index < -0.39 is 0 Å². The summed E-state index contributed by atoms with van der Waals surface area (Å²) in [6.45, 7) is 0. The molecule has 2 heteroatoms. The quantitative estimate of drug-likeness (QED) is 0.203. The lowest BCUT2D eigenvalue weighted by Gasteiger charge is -2.30. The molecular weight excluding hydrogens is 558 g/mol. The number of hydrogen-bond donors (Lipinski definition) is 0. The lowest BCUT2D eigenvalue weighted by molar-refractivity contribution is 0.493. The summed E-state index contributed by atoms with van der Waals surface area (Å²) in [6, 6.07) is 62.6. The van der Waals surface area contributed by atoms with Gasteiger partial charge in [-0.1, -0.05) is 146 Å². The lowest BCUT2D eigenvalue weighted by atomic mass is 9.91. The van der Waals surface area contributed by atoms with E-state index in [0.717, 1.165) is 61.6 Å². The standard InChI is InChI=1S/C44H29NO/c1-2-13-30(14-3-1)31-25-27-34(28-26-31)45(40-23-12-17-32-15-4-6-18-35(32)40)41-29-33-16-5-7-19-36(33)44-43(41)39-22-9-8-20-37(39)38-21-10-11-24-42(38)46-44/h1-29H. The van der Waals surface area contributed by atoms with Crippen LogP contribution in [0.2, 0.25) is 0 Å². The van der Waals surface area contributed by atoms with Gasteiger partial charge in [-0.15, -0.1) is 0 Å². The van der Waals surface area contributed by atoms with Crippen LogP contribution in [0.15, 0.2) is 176 Å². The molecule has 2 nitrogen and oxygen atoms in total. The van der Waals surface area contributed by atoms with Gasteiger partial charge in [0, 0.05) is 27.6 Å². The molecule has 1 heterocycles. The maximum Gasteiger partial charge on any atom is 0.145 e. The topological polar surface area (TPSA) is 12.5 Å². The van der Waals surface area contributed by atoms with Gasteiger partial charge in [-0.2, -0.15) is 0 Å². The highest BCUT2D eigenvalue weighted by Crippen LogP contribution is 2.55. The second-order valence-corrected chi connectivity index (χ2v) is 11.7. The van der Waals surface area contributed by atoms with Gasteiger partial charge >= 0.3 is 0 Å². The number of rotatable bonds is 4. The van der Waals surface area contributed by atoms with Gasteiger partial charge in [0.2, 0.25) is 0 Å². The van der Waals surface area contributed by atoms with Crippen molar-refractivity contribution in [3.8, 4) is 44.9 Å². The molecule has 0 saturated heterocycles. The highest BCUT2D eigenvalue weighted by atomic mass is 16.5. The van der Waals surface area contributed by atoms with Crippen molar-refractivity contribution in [3.63, 3.8) is 0 Å². The Morgan fingerprint density at radius 2 is 1.00 bits per heavy atom. The van der Waals surface area contributed by atoms with Crippen LogP contribution in [0.4, 0.5) is 17.1 Å². The minimum atomic E-state index is 0.861. The van der Waals surface area contributed by atoms with E-state index in [4.69, 9.17) is 4.74 Å². The number of para-hydroxylation sites is 1. The molecule has 0 saturated carbocycles. The van der Waals surface area contributed by atoms with Crippen LogP contribution < -0.4 is 9.64 Å². The van der Waals surface area contributed by atoms with Crippen molar-refractivity contribution in [2.75, 3.05) is 4.90 Å². The predicted octanol–water partition coefficient (Wildman–Crippen LogP) is 12.6. The number of benzene rings is 8. The first kappa shape index (κ1) is 26.3. The van der Waals surface area contributed by atoms with Gasteiger partial charge < -0.3 is 9.64 Å². The molecule has 9 rings (SSSR count). The van der Waals surface area contributed by atoms with E-state index >= 15 is 0 Å². The van der Waals surface area contributed by atoms with Crippen molar-refractivity contribution < 1.29 is 4.74 Å². The van der Waals surface area contributed by atoms with E-state index in [2.05, 4.69) is 181 Å². The van der Waals surface area contributed by atoms with Crippen molar-refractivity contribution in [1.29, 1.82) is 0 Å². The minimum absolute atomic E-state index is 0.861. The Morgan fingerprint density at radius 1 is 0.391 bits per heavy atom. The number of fused-ring (bicyclic) bond motifs is 8. The average molecular weight is 588 g/mol. The molecule has 8 aromatic rings. The summed E-state index contributed by atoms with van der Waals surface area (Å²) in [5, 5.41) is 4.59. The second kappa shape index (κ2) is 10.8. The molecule has 8 aromatic carbocycles. The highest BCUT2D eigenvalue weighted by molar-refractivity contribution is 6.10. The van der Waals surface area contributed by atoms with Gasteiger partial charge in [0.25, 0.3) is 0 Å². The van der Waals surface area contributed by atoms with E-state index in [1.165, 1.54) is 21.9 Å². The Labute approximate surface area is 268 Å². The number of nitrogens with zero attached hydrogens (tertiary/aromatic N) is 1. The van der Waals surface area contributed by atoms with Gasteiger partial charge in [-0.25, -0.2) is 0 Å². The molecule has 0 radical (unpaired) electrons. The molecule has 0 atom stereocenters. The first-order valence-corrected chi connectivity index (χ1v) is 15.7. The summed E-state index contributed by atoms with van der Waals surface area (Å²) in [7, 11) is 0. The van der Waals surface area contributed by atoms with Gasteiger partial charge in [0.05, 0.1) is 11.4 Å². The van der Waals surface area contributed by atoms with Gasteiger partial charge in [-0.05, 0) is 63.4 Å². The summed E-state index contributed by atoms with van der Waals surface area (Å²) in [5.74, 6) is 1.73. The highest BCUT2D eigenvalue weighted by Gasteiger charge is 2.29. The van der Waals surface area contributed by atoms with Gasteiger partial charge in [-0.3, -0.25) is 0 Å². The summed E-state index contributed by atoms with van der Waals surface area (Å²) in [6.07, 6.45) is 0. The Kier molecular flexibility index (Phi) is 6.17. The molecular formula is C44H29NO. The molecule has 0 unspecified atom stereocenters. The largest absolute Gasteiger partial charge is 0.455 e. The van der Waals surface area contributed by atoms with Crippen LogP contribution in [0.3, 0.4) is 0 Å². The van der Waals surface area contributed by atoms with Gasteiger partial charge in [0.1, 0.15) is 11.5 Å². The number of ether oxygens (including phenoxy) is 1. The molecule has 0 spiro atoms. The average Bonchev–Trinajstić information content (AvgIpc) is 3.28. The maximum absolute atomic E-state index is 7.00.